The topological polar surface area (TPSA) is 87.2 Å². The predicted molar refractivity (Wildman–Crippen MR) is 129 cm³/mol. The molecule has 8 heteroatoms. The largest absolute Gasteiger partial charge is 0.459 e. The number of benzene rings is 2. The fourth-order valence-electron chi connectivity index (χ4n) is 5.01. The molecule has 33 heavy (non-hydrogen) atoms. The summed E-state index contributed by atoms with van der Waals surface area (Å²) in [4.78, 5) is 43.2. The normalized spacial score (nSPS) is 27.2. The van der Waals surface area contributed by atoms with Gasteiger partial charge in [-0.05, 0) is 38.5 Å². The number of aliphatic hydroxyl groups excluding tert-OH is 1. The van der Waals surface area contributed by atoms with Crippen LogP contribution in [0.5, 0.6) is 0 Å². The SMILES string of the molecule is CCN(C(=O)S1(CO)[C@@H]2CC(=O)N2[C@@H](C(=O)OCc2ccccc2)C1(C)C)c1ccccc1. The van der Waals surface area contributed by atoms with Gasteiger partial charge in [-0.1, -0.05) is 48.5 Å². The van der Waals surface area contributed by atoms with Crippen LogP contribution in [0, 0.1) is 0 Å². The molecule has 0 bridgehead atoms. The second kappa shape index (κ2) is 8.83. The van der Waals surface area contributed by atoms with E-state index in [9.17, 15) is 19.5 Å². The Hall–Kier alpha value is -2.84. The van der Waals surface area contributed by atoms with Gasteiger partial charge in [0.05, 0.1) is 17.7 Å². The highest BCUT2D eigenvalue weighted by molar-refractivity contribution is 8.46. The number of rotatable bonds is 6. The van der Waals surface area contributed by atoms with Gasteiger partial charge in [0.25, 0.3) is 5.24 Å². The Labute approximate surface area is 195 Å². The first-order valence-corrected chi connectivity index (χ1v) is 12.9. The third kappa shape index (κ3) is 3.52. The fourth-order valence-corrected chi connectivity index (χ4v) is 9.30. The minimum Gasteiger partial charge on any atom is -0.459 e. The van der Waals surface area contributed by atoms with E-state index in [0.717, 1.165) is 11.3 Å². The Morgan fingerprint density at radius 2 is 1.73 bits per heavy atom. The molecule has 2 fully saturated rings. The van der Waals surface area contributed by atoms with E-state index in [1.165, 1.54) is 4.90 Å². The van der Waals surface area contributed by atoms with Crippen LogP contribution >= 0.6 is 10.0 Å². The smallest absolute Gasteiger partial charge is 0.330 e. The van der Waals surface area contributed by atoms with Gasteiger partial charge < -0.3 is 19.6 Å². The summed E-state index contributed by atoms with van der Waals surface area (Å²) in [5.74, 6) is -1.12. The molecule has 0 saturated carbocycles. The highest BCUT2D eigenvalue weighted by atomic mass is 32.3. The second-order valence-corrected chi connectivity index (χ2v) is 12.6. The summed E-state index contributed by atoms with van der Waals surface area (Å²) in [5, 5.41) is 10.0. The molecule has 0 spiro atoms. The van der Waals surface area contributed by atoms with E-state index in [4.69, 9.17) is 4.74 Å². The van der Waals surface area contributed by atoms with Crippen LogP contribution in [-0.2, 0) is 20.9 Å². The summed E-state index contributed by atoms with van der Waals surface area (Å²) in [6.07, 6.45) is 0.153. The number of aliphatic hydroxyl groups is 1. The van der Waals surface area contributed by atoms with Crippen LogP contribution in [0.2, 0.25) is 0 Å². The summed E-state index contributed by atoms with van der Waals surface area (Å²) in [6, 6.07) is 17.7. The lowest BCUT2D eigenvalue weighted by atomic mass is 9.98. The Balaban J connectivity index is 1.68. The molecule has 1 unspecified atom stereocenters. The number of nitrogens with zero attached hydrogens (tertiary/aromatic N) is 2. The monoisotopic (exact) mass is 470 g/mol. The van der Waals surface area contributed by atoms with E-state index in [1.54, 1.807) is 4.90 Å². The van der Waals surface area contributed by atoms with Crippen LogP contribution in [-0.4, -0.2) is 55.8 Å². The maximum absolute atomic E-state index is 14.1. The Morgan fingerprint density at radius 3 is 2.27 bits per heavy atom. The molecule has 2 aromatic carbocycles. The zero-order chi connectivity index (χ0) is 23.8. The number of hydrogen-bond donors (Lipinski definition) is 1. The highest BCUT2D eigenvalue weighted by Gasteiger charge is 2.72. The zero-order valence-corrected chi connectivity index (χ0v) is 20.0. The molecular weight excluding hydrogens is 440 g/mol. The first kappa shape index (κ1) is 23.3. The van der Waals surface area contributed by atoms with Crippen molar-refractivity contribution in [2.45, 2.75) is 50.0 Å². The number of hydrogen-bond acceptors (Lipinski definition) is 5. The molecule has 0 radical (unpaired) electrons. The molecule has 2 aliphatic rings. The lowest BCUT2D eigenvalue weighted by Gasteiger charge is -2.50. The van der Waals surface area contributed by atoms with Crippen LogP contribution in [0.15, 0.2) is 60.7 Å². The maximum atomic E-state index is 14.1. The van der Waals surface area contributed by atoms with Gasteiger partial charge in [-0.2, -0.15) is 0 Å². The molecule has 2 saturated heterocycles. The van der Waals surface area contributed by atoms with Crippen molar-refractivity contribution >= 4 is 32.8 Å². The summed E-state index contributed by atoms with van der Waals surface area (Å²) in [5.41, 5.74) is 1.57. The molecule has 2 aliphatic heterocycles. The first-order valence-electron chi connectivity index (χ1n) is 11.1. The average Bonchev–Trinajstić information content (AvgIpc) is 2.99. The van der Waals surface area contributed by atoms with Crippen LogP contribution in [0.3, 0.4) is 0 Å². The molecule has 2 amide bonds. The summed E-state index contributed by atoms with van der Waals surface area (Å²) in [6.45, 7) is 6.01. The number of amides is 2. The Bertz CT molecular complexity index is 1050. The Kier molecular flexibility index (Phi) is 6.24. The lowest BCUT2D eigenvalue weighted by Crippen LogP contribution is -2.57. The van der Waals surface area contributed by atoms with Gasteiger partial charge in [0.15, 0.2) is 0 Å². The van der Waals surface area contributed by atoms with Crippen molar-refractivity contribution in [3.05, 3.63) is 66.2 Å². The van der Waals surface area contributed by atoms with Crippen molar-refractivity contribution < 1.29 is 24.2 Å². The maximum Gasteiger partial charge on any atom is 0.330 e. The quantitative estimate of drug-likeness (QED) is 0.512. The highest BCUT2D eigenvalue weighted by Crippen LogP contribution is 2.74. The number of carbonyl (C=O) groups excluding carboxylic acids is 3. The van der Waals surface area contributed by atoms with E-state index in [-0.39, 0.29) is 30.1 Å². The molecular formula is C25H30N2O5S. The van der Waals surface area contributed by atoms with Crippen molar-refractivity contribution in [3.8, 4) is 0 Å². The zero-order valence-electron chi connectivity index (χ0n) is 19.1. The molecule has 2 aromatic rings. The molecule has 4 rings (SSSR count). The second-order valence-electron chi connectivity index (χ2n) is 8.83. The number of carbonyl (C=O) groups is 3. The van der Waals surface area contributed by atoms with Gasteiger partial charge in [0, 0.05) is 17.0 Å². The van der Waals surface area contributed by atoms with Crippen molar-refractivity contribution in [1.29, 1.82) is 0 Å². The predicted octanol–water partition coefficient (Wildman–Crippen LogP) is 3.85. The van der Waals surface area contributed by atoms with Crippen LogP contribution in [0.1, 0.15) is 32.8 Å². The van der Waals surface area contributed by atoms with E-state index < -0.39 is 32.2 Å². The van der Waals surface area contributed by atoms with Gasteiger partial charge >= 0.3 is 5.97 Å². The van der Waals surface area contributed by atoms with Crippen LogP contribution in [0.25, 0.3) is 0 Å². The van der Waals surface area contributed by atoms with Crippen molar-refractivity contribution in [1.82, 2.24) is 4.90 Å². The van der Waals surface area contributed by atoms with Crippen LogP contribution < -0.4 is 4.90 Å². The molecule has 2 heterocycles. The number of ether oxygens (including phenoxy) is 1. The molecule has 3 atom stereocenters. The van der Waals surface area contributed by atoms with Gasteiger partial charge in [-0.3, -0.25) is 9.59 Å². The van der Waals surface area contributed by atoms with Gasteiger partial charge in [0.1, 0.15) is 12.6 Å². The van der Waals surface area contributed by atoms with Gasteiger partial charge in [-0.15, -0.1) is 10.0 Å². The number of fused-ring (bicyclic) bond motifs is 1. The molecule has 0 aliphatic carbocycles. The third-order valence-electron chi connectivity index (χ3n) is 6.85. The number of para-hydroxylation sites is 1. The molecule has 0 aromatic heterocycles. The van der Waals surface area contributed by atoms with Gasteiger partial charge in [-0.25, -0.2) is 4.79 Å². The van der Waals surface area contributed by atoms with Crippen molar-refractivity contribution in [3.63, 3.8) is 0 Å². The average molecular weight is 471 g/mol. The van der Waals surface area contributed by atoms with E-state index in [1.807, 2.05) is 81.4 Å². The molecule has 7 nitrogen and oxygen atoms in total. The molecule has 176 valence electrons. The lowest BCUT2D eigenvalue weighted by molar-refractivity contribution is -0.162. The first-order chi connectivity index (χ1) is 15.8. The van der Waals surface area contributed by atoms with Crippen molar-refractivity contribution in [2.24, 2.45) is 0 Å². The van der Waals surface area contributed by atoms with E-state index in [2.05, 4.69) is 0 Å². The summed E-state index contributed by atoms with van der Waals surface area (Å²) < 4.78 is 4.64. The number of esters is 1. The van der Waals surface area contributed by atoms with Gasteiger partial charge in [0.2, 0.25) is 5.91 Å². The van der Waals surface area contributed by atoms with Crippen molar-refractivity contribution in [2.75, 3.05) is 17.4 Å². The minimum atomic E-state index is -2.52. The third-order valence-corrected chi connectivity index (χ3v) is 11.5. The standard InChI is InChI=1S/C25H30N2O5S/c1-4-26(19-13-9-6-10-14-19)24(31)33(17-28)21-15-20(29)27(21)22(25(33,2)3)23(30)32-16-18-11-7-5-8-12-18/h5-14,21-22,28H,4,15-17H2,1-3H3/t21-,22+/m1/s1. The van der Waals surface area contributed by atoms with Crippen LogP contribution in [0.4, 0.5) is 10.5 Å². The fraction of sp³-hybridized carbons (Fsp3) is 0.400. The van der Waals surface area contributed by atoms with E-state index >= 15 is 0 Å². The number of anilines is 1. The summed E-state index contributed by atoms with van der Waals surface area (Å²) >= 11 is 0. The minimum absolute atomic E-state index is 0.0828. The number of β-lactam (4-membered cyclic amide) rings is 1. The Morgan fingerprint density at radius 1 is 1.12 bits per heavy atom. The summed E-state index contributed by atoms with van der Waals surface area (Å²) in [7, 11) is -2.52. The van der Waals surface area contributed by atoms with E-state index in [0.29, 0.717) is 6.54 Å². The molecule has 1 N–H and O–H groups in total.